The quantitative estimate of drug-likeness (QED) is 0.634. The highest BCUT2D eigenvalue weighted by molar-refractivity contribution is 5.98. The molecule has 164 valence electrons. The number of carbonyl (C=O) groups is 2. The molecule has 1 N–H and O–H groups in total. The molecule has 0 fully saturated rings. The van der Waals surface area contributed by atoms with E-state index in [2.05, 4.69) is 28.2 Å². The molecule has 0 bridgehead atoms. The van der Waals surface area contributed by atoms with E-state index in [1.165, 1.54) is 0 Å². The summed E-state index contributed by atoms with van der Waals surface area (Å²) in [6.07, 6.45) is 3.34. The fourth-order valence-electron chi connectivity index (χ4n) is 4.07. The van der Waals surface area contributed by atoms with Crippen molar-refractivity contribution in [3.05, 3.63) is 36.5 Å². The Balaban J connectivity index is 1.48. The summed E-state index contributed by atoms with van der Waals surface area (Å²) in [5.74, 6) is 0.692. The molecule has 3 aromatic rings. The van der Waals surface area contributed by atoms with Gasteiger partial charge in [-0.15, -0.1) is 0 Å². The standard InChI is InChI=1S/C23H30N6O2/c1-26(2)14-11-24-21(30)9-10-23(31)28-12-6-13-29-22(28)15-19(25-29)18-16-27(3)20-8-5-4-7-17(18)20/h4-5,7-8,15-16H,6,9-14H2,1-3H3,(H,24,30). The molecule has 0 unspecified atom stereocenters. The zero-order chi connectivity index (χ0) is 22.0. The molecular weight excluding hydrogens is 392 g/mol. The number of anilines is 1. The number of carbonyl (C=O) groups excluding carboxylic acids is 2. The summed E-state index contributed by atoms with van der Waals surface area (Å²) in [6, 6.07) is 10.2. The van der Waals surface area contributed by atoms with Gasteiger partial charge in [0.25, 0.3) is 0 Å². The largest absolute Gasteiger partial charge is 0.355 e. The Morgan fingerprint density at radius 1 is 1.16 bits per heavy atom. The van der Waals surface area contributed by atoms with Crippen molar-refractivity contribution < 1.29 is 9.59 Å². The molecule has 8 heteroatoms. The number of aromatic nitrogens is 3. The Morgan fingerprint density at radius 3 is 2.77 bits per heavy atom. The van der Waals surface area contributed by atoms with Crippen LogP contribution in [0.4, 0.5) is 5.82 Å². The third-order valence-electron chi connectivity index (χ3n) is 5.71. The first kappa shape index (κ1) is 21.1. The van der Waals surface area contributed by atoms with Crippen LogP contribution in [0.3, 0.4) is 0 Å². The monoisotopic (exact) mass is 422 g/mol. The van der Waals surface area contributed by atoms with Gasteiger partial charge in [0.05, 0.1) is 5.69 Å². The summed E-state index contributed by atoms with van der Waals surface area (Å²) in [6.45, 7) is 2.81. The van der Waals surface area contributed by atoms with Gasteiger partial charge in [-0.3, -0.25) is 14.5 Å². The maximum atomic E-state index is 12.9. The van der Waals surface area contributed by atoms with E-state index in [4.69, 9.17) is 5.10 Å². The van der Waals surface area contributed by atoms with Gasteiger partial charge in [0.15, 0.2) is 0 Å². The molecule has 0 aliphatic carbocycles. The molecule has 3 heterocycles. The van der Waals surface area contributed by atoms with E-state index in [1.807, 2.05) is 48.9 Å². The van der Waals surface area contributed by atoms with Crippen LogP contribution in [0.5, 0.6) is 0 Å². The van der Waals surface area contributed by atoms with Gasteiger partial charge in [0.2, 0.25) is 11.8 Å². The summed E-state index contributed by atoms with van der Waals surface area (Å²) >= 11 is 0. The van der Waals surface area contributed by atoms with E-state index in [9.17, 15) is 9.59 Å². The van der Waals surface area contributed by atoms with Crippen molar-refractivity contribution >= 4 is 28.5 Å². The number of aryl methyl sites for hydroxylation is 2. The highest BCUT2D eigenvalue weighted by Gasteiger charge is 2.26. The lowest BCUT2D eigenvalue weighted by Gasteiger charge is -2.27. The molecule has 0 saturated heterocycles. The Morgan fingerprint density at radius 2 is 1.97 bits per heavy atom. The molecule has 2 aromatic heterocycles. The zero-order valence-corrected chi connectivity index (χ0v) is 18.5. The van der Waals surface area contributed by atoms with Crippen molar-refractivity contribution in [3.63, 3.8) is 0 Å². The lowest BCUT2D eigenvalue weighted by molar-refractivity contribution is -0.125. The first-order valence-corrected chi connectivity index (χ1v) is 10.8. The number of hydrogen-bond acceptors (Lipinski definition) is 4. The molecule has 0 radical (unpaired) electrons. The molecule has 1 aliphatic heterocycles. The average molecular weight is 423 g/mol. The van der Waals surface area contributed by atoms with Gasteiger partial charge in [-0.1, -0.05) is 18.2 Å². The third-order valence-corrected chi connectivity index (χ3v) is 5.71. The number of likely N-dealkylation sites (N-methyl/N-ethyl adjacent to an activating group) is 1. The molecular formula is C23H30N6O2. The van der Waals surface area contributed by atoms with Gasteiger partial charge in [0, 0.05) is 74.8 Å². The summed E-state index contributed by atoms with van der Waals surface area (Å²) in [4.78, 5) is 28.7. The molecule has 2 amide bonds. The smallest absolute Gasteiger partial charge is 0.228 e. The maximum Gasteiger partial charge on any atom is 0.228 e. The number of hydrogen-bond donors (Lipinski definition) is 1. The van der Waals surface area contributed by atoms with Crippen LogP contribution in [-0.2, 0) is 23.2 Å². The number of amides is 2. The van der Waals surface area contributed by atoms with Gasteiger partial charge >= 0.3 is 0 Å². The van der Waals surface area contributed by atoms with Gasteiger partial charge in [-0.25, -0.2) is 4.68 Å². The molecule has 1 aromatic carbocycles. The second-order valence-corrected chi connectivity index (χ2v) is 8.33. The summed E-state index contributed by atoms with van der Waals surface area (Å²) < 4.78 is 4.01. The van der Waals surface area contributed by atoms with Crippen molar-refractivity contribution in [3.8, 4) is 11.3 Å². The van der Waals surface area contributed by atoms with Crippen LogP contribution in [0.25, 0.3) is 22.2 Å². The lowest BCUT2D eigenvalue weighted by Crippen LogP contribution is -2.38. The lowest BCUT2D eigenvalue weighted by atomic mass is 10.1. The summed E-state index contributed by atoms with van der Waals surface area (Å²) in [5, 5.41) is 8.81. The minimum absolute atomic E-state index is 0.0342. The third kappa shape index (κ3) is 4.49. The molecule has 1 aliphatic rings. The first-order chi connectivity index (χ1) is 14.9. The summed E-state index contributed by atoms with van der Waals surface area (Å²) in [7, 11) is 5.95. The van der Waals surface area contributed by atoms with E-state index >= 15 is 0 Å². The number of nitrogens with one attached hydrogen (secondary N) is 1. The van der Waals surface area contributed by atoms with Gasteiger partial charge in [0.1, 0.15) is 5.82 Å². The van der Waals surface area contributed by atoms with Crippen LogP contribution in [0, 0.1) is 0 Å². The number of nitrogens with zero attached hydrogens (tertiary/aromatic N) is 5. The van der Waals surface area contributed by atoms with Crippen LogP contribution in [0.15, 0.2) is 36.5 Å². The van der Waals surface area contributed by atoms with Crippen molar-refractivity contribution in [1.82, 2.24) is 24.6 Å². The average Bonchev–Trinajstić information content (AvgIpc) is 3.33. The normalized spacial score (nSPS) is 13.6. The topological polar surface area (TPSA) is 75.4 Å². The Bertz CT molecular complexity index is 1100. The molecule has 8 nitrogen and oxygen atoms in total. The highest BCUT2D eigenvalue weighted by Crippen LogP contribution is 2.33. The van der Waals surface area contributed by atoms with E-state index in [0.717, 1.165) is 47.5 Å². The summed E-state index contributed by atoms with van der Waals surface area (Å²) in [5.41, 5.74) is 3.08. The van der Waals surface area contributed by atoms with Crippen LogP contribution in [-0.4, -0.2) is 64.8 Å². The van der Waals surface area contributed by atoms with Crippen LogP contribution < -0.4 is 10.2 Å². The van der Waals surface area contributed by atoms with E-state index in [1.54, 1.807) is 4.90 Å². The predicted octanol–water partition coefficient (Wildman–Crippen LogP) is 2.24. The van der Waals surface area contributed by atoms with E-state index in [-0.39, 0.29) is 24.7 Å². The molecule has 31 heavy (non-hydrogen) atoms. The van der Waals surface area contributed by atoms with Crippen molar-refractivity contribution in [2.75, 3.05) is 38.6 Å². The highest BCUT2D eigenvalue weighted by atomic mass is 16.2. The second-order valence-electron chi connectivity index (χ2n) is 8.33. The Kier molecular flexibility index (Phi) is 6.08. The minimum atomic E-state index is -0.0860. The van der Waals surface area contributed by atoms with E-state index in [0.29, 0.717) is 13.1 Å². The number of benzene rings is 1. The van der Waals surface area contributed by atoms with E-state index < -0.39 is 0 Å². The Labute approximate surface area is 182 Å². The van der Waals surface area contributed by atoms with Gasteiger partial charge < -0.3 is 14.8 Å². The predicted molar refractivity (Wildman–Crippen MR) is 122 cm³/mol. The minimum Gasteiger partial charge on any atom is -0.355 e. The van der Waals surface area contributed by atoms with Crippen molar-refractivity contribution in [2.24, 2.45) is 7.05 Å². The molecule has 0 atom stereocenters. The maximum absolute atomic E-state index is 12.9. The van der Waals surface area contributed by atoms with Crippen LogP contribution >= 0.6 is 0 Å². The van der Waals surface area contributed by atoms with Gasteiger partial charge in [-0.05, 0) is 26.6 Å². The number of fused-ring (bicyclic) bond motifs is 2. The Hall–Kier alpha value is -3.13. The fraction of sp³-hybridized carbons (Fsp3) is 0.435. The SMILES string of the molecule is CN(C)CCNC(=O)CCC(=O)N1CCCn2nc(-c3cn(C)c4ccccc34)cc21. The molecule has 0 spiro atoms. The number of para-hydroxylation sites is 1. The van der Waals surface area contributed by atoms with Crippen LogP contribution in [0.2, 0.25) is 0 Å². The fourth-order valence-corrected chi connectivity index (χ4v) is 4.07. The van der Waals surface area contributed by atoms with Crippen molar-refractivity contribution in [2.45, 2.75) is 25.8 Å². The van der Waals surface area contributed by atoms with Crippen molar-refractivity contribution in [1.29, 1.82) is 0 Å². The van der Waals surface area contributed by atoms with Crippen LogP contribution in [0.1, 0.15) is 19.3 Å². The zero-order valence-electron chi connectivity index (χ0n) is 18.5. The molecule has 4 rings (SSSR count). The number of rotatable bonds is 7. The second kappa shape index (κ2) is 8.93. The molecule has 0 saturated carbocycles. The van der Waals surface area contributed by atoms with Gasteiger partial charge in [-0.2, -0.15) is 5.10 Å². The first-order valence-electron chi connectivity index (χ1n) is 10.8.